The molecule has 1 aromatic heterocycles. The van der Waals surface area contributed by atoms with Crippen LogP contribution in [0.3, 0.4) is 0 Å². The van der Waals surface area contributed by atoms with Crippen LogP contribution in [-0.4, -0.2) is 11.3 Å². The average molecular weight is 254 g/mol. The summed E-state index contributed by atoms with van der Waals surface area (Å²) in [6.07, 6.45) is -4.11. The number of halogens is 3. The first-order chi connectivity index (χ1) is 8.44. The molecule has 0 aliphatic heterocycles. The van der Waals surface area contributed by atoms with Crippen molar-refractivity contribution in [2.45, 2.75) is 19.7 Å². The van der Waals surface area contributed by atoms with E-state index in [1.54, 1.807) is 0 Å². The number of aromatic amines is 1. The number of fused-ring (bicyclic) bond motifs is 1. The van der Waals surface area contributed by atoms with E-state index in [2.05, 4.69) is 9.72 Å². The van der Waals surface area contributed by atoms with E-state index in [9.17, 15) is 13.2 Å². The molecule has 0 spiro atoms. The number of nitrogens with zero attached hydrogens (tertiary/aromatic N) is 1. The van der Waals surface area contributed by atoms with Gasteiger partial charge in [-0.15, -0.1) is 13.2 Å². The SMILES string of the molecule is CCc1[nH]c2cc(OC(F)(F)F)ccc2c1C#N. The molecule has 0 fully saturated rings. The van der Waals surface area contributed by atoms with Crippen molar-refractivity contribution in [3.8, 4) is 11.8 Å². The van der Waals surface area contributed by atoms with E-state index in [1.807, 2.05) is 13.0 Å². The Labute approximate surface area is 101 Å². The topological polar surface area (TPSA) is 48.8 Å². The number of alkyl halides is 3. The highest BCUT2D eigenvalue weighted by Crippen LogP contribution is 2.29. The third-order valence-corrected chi connectivity index (χ3v) is 2.55. The first-order valence-electron chi connectivity index (χ1n) is 5.25. The molecule has 3 nitrogen and oxygen atoms in total. The van der Waals surface area contributed by atoms with Crippen molar-refractivity contribution >= 4 is 10.9 Å². The van der Waals surface area contributed by atoms with Gasteiger partial charge in [0.2, 0.25) is 0 Å². The number of rotatable bonds is 2. The first kappa shape index (κ1) is 12.3. The van der Waals surface area contributed by atoms with Crippen molar-refractivity contribution in [1.82, 2.24) is 4.98 Å². The zero-order valence-corrected chi connectivity index (χ0v) is 9.43. The lowest BCUT2D eigenvalue weighted by Gasteiger charge is -2.08. The van der Waals surface area contributed by atoms with E-state index in [-0.39, 0.29) is 5.75 Å². The fourth-order valence-corrected chi connectivity index (χ4v) is 1.82. The second-order valence-corrected chi connectivity index (χ2v) is 3.70. The smallest absolute Gasteiger partial charge is 0.406 e. The van der Waals surface area contributed by atoms with Crippen LogP contribution in [0, 0.1) is 11.3 Å². The second kappa shape index (κ2) is 4.26. The van der Waals surface area contributed by atoms with Crippen molar-refractivity contribution < 1.29 is 17.9 Å². The van der Waals surface area contributed by atoms with Gasteiger partial charge in [-0.25, -0.2) is 0 Å². The average Bonchev–Trinajstić information content (AvgIpc) is 2.63. The van der Waals surface area contributed by atoms with E-state index < -0.39 is 6.36 Å². The molecule has 0 aliphatic carbocycles. The van der Waals surface area contributed by atoms with Gasteiger partial charge >= 0.3 is 6.36 Å². The van der Waals surface area contributed by atoms with Crippen molar-refractivity contribution in [3.05, 3.63) is 29.5 Å². The molecule has 1 N–H and O–H groups in total. The predicted molar refractivity (Wildman–Crippen MR) is 59.1 cm³/mol. The summed E-state index contributed by atoms with van der Waals surface area (Å²) >= 11 is 0. The zero-order chi connectivity index (χ0) is 13.3. The van der Waals surface area contributed by atoms with Gasteiger partial charge < -0.3 is 9.72 Å². The summed E-state index contributed by atoms with van der Waals surface area (Å²) in [5, 5.41) is 9.61. The molecule has 6 heteroatoms. The first-order valence-corrected chi connectivity index (χ1v) is 5.25. The molecule has 1 aromatic carbocycles. The summed E-state index contributed by atoms with van der Waals surface area (Å²) in [6, 6.07) is 5.93. The van der Waals surface area contributed by atoms with Crippen LogP contribution in [0.15, 0.2) is 18.2 Å². The van der Waals surface area contributed by atoms with Gasteiger partial charge in [-0.2, -0.15) is 5.26 Å². The third-order valence-electron chi connectivity index (χ3n) is 2.55. The molecule has 0 amide bonds. The van der Waals surface area contributed by atoms with E-state index in [1.165, 1.54) is 18.2 Å². The maximum atomic E-state index is 12.1. The zero-order valence-electron chi connectivity index (χ0n) is 9.43. The predicted octanol–water partition coefficient (Wildman–Crippen LogP) is 3.50. The van der Waals surface area contributed by atoms with Gasteiger partial charge in [-0.1, -0.05) is 6.92 Å². The van der Waals surface area contributed by atoms with Crippen LogP contribution >= 0.6 is 0 Å². The maximum Gasteiger partial charge on any atom is 0.573 e. The summed E-state index contributed by atoms with van der Waals surface area (Å²) in [6.45, 7) is 1.86. The van der Waals surface area contributed by atoms with Crippen molar-refractivity contribution in [1.29, 1.82) is 5.26 Å². The van der Waals surface area contributed by atoms with E-state index in [4.69, 9.17) is 5.26 Å². The van der Waals surface area contributed by atoms with E-state index in [0.717, 1.165) is 0 Å². The molecule has 2 aromatic rings. The van der Waals surface area contributed by atoms with Crippen LogP contribution in [0.25, 0.3) is 10.9 Å². The van der Waals surface area contributed by atoms with Gasteiger partial charge in [0.05, 0.1) is 11.1 Å². The Bertz CT molecular complexity index is 623. The standard InChI is InChI=1S/C12H9F3N2O/c1-2-10-9(6-16)8-4-3-7(5-11(8)17-10)18-12(13,14)15/h3-5,17H,2H2,1H3. The number of ether oxygens (including phenoxy) is 1. The van der Waals surface area contributed by atoms with Crippen molar-refractivity contribution in [2.24, 2.45) is 0 Å². The lowest BCUT2D eigenvalue weighted by atomic mass is 10.1. The van der Waals surface area contributed by atoms with Crippen molar-refractivity contribution in [3.63, 3.8) is 0 Å². The van der Waals surface area contributed by atoms with Crippen LogP contribution in [0.4, 0.5) is 13.2 Å². The third kappa shape index (κ3) is 2.25. The van der Waals surface area contributed by atoms with Crippen LogP contribution in [-0.2, 0) is 6.42 Å². The molecular weight excluding hydrogens is 245 g/mol. The Morgan fingerprint density at radius 3 is 2.67 bits per heavy atom. The molecular formula is C12H9F3N2O. The molecule has 0 bridgehead atoms. The van der Waals surface area contributed by atoms with Gasteiger partial charge in [-0.05, 0) is 18.6 Å². The highest BCUT2D eigenvalue weighted by molar-refractivity contribution is 5.88. The normalized spacial score (nSPS) is 11.5. The van der Waals surface area contributed by atoms with E-state index in [0.29, 0.717) is 28.6 Å². The Hall–Kier alpha value is -2.16. The number of aryl methyl sites for hydroxylation is 1. The van der Waals surface area contributed by atoms with Crippen LogP contribution in [0.1, 0.15) is 18.2 Å². The summed E-state index contributed by atoms with van der Waals surface area (Å²) in [5.41, 5.74) is 1.63. The minimum Gasteiger partial charge on any atom is -0.406 e. The molecule has 2 rings (SSSR count). The van der Waals surface area contributed by atoms with Crippen LogP contribution in [0.5, 0.6) is 5.75 Å². The lowest BCUT2D eigenvalue weighted by Crippen LogP contribution is -2.16. The monoisotopic (exact) mass is 254 g/mol. The number of hydrogen-bond acceptors (Lipinski definition) is 2. The quantitative estimate of drug-likeness (QED) is 0.891. The number of nitriles is 1. The van der Waals surface area contributed by atoms with Crippen molar-refractivity contribution in [2.75, 3.05) is 0 Å². The Morgan fingerprint density at radius 1 is 1.39 bits per heavy atom. The molecule has 1 heterocycles. The Morgan fingerprint density at radius 2 is 2.11 bits per heavy atom. The summed E-state index contributed by atoms with van der Waals surface area (Å²) in [7, 11) is 0. The largest absolute Gasteiger partial charge is 0.573 e. The summed E-state index contributed by atoms with van der Waals surface area (Å²) in [5.74, 6) is -0.302. The van der Waals surface area contributed by atoms with Gasteiger partial charge in [0, 0.05) is 17.1 Å². The number of H-pyrrole nitrogens is 1. The minimum absolute atomic E-state index is 0.302. The van der Waals surface area contributed by atoms with Gasteiger partial charge in [0.15, 0.2) is 0 Å². The maximum absolute atomic E-state index is 12.1. The minimum atomic E-state index is -4.72. The number of hydrogen-bond donors (Lipinski definition) is 1. The molecule has 0 unspecified atom stereocenters. The lowest BCUT2D eigenvalue weighted by molar-refractivity contribution is -0.274. The molecule has 94 valence electrons. The molecule has 0 atom stereocenters. The molecule has 0 aliphatic rings. The Balaban J connectivity index is 2.51. The molecule has 18 heavy (non-hydrogen) atoms. The van der Waals surface area contributed by atoms with Crippen LogP contribution in [0.2, 0.25) is 0 Å². The number of aromatic nitrogens is 1. The second-order valence-electron chi connectivity index (χ2n) is 3.70. The molecule has 0 saturated heterocycles. The number of nitrogens with one attached hydrogen (secondary N) is 1. The van der Waals surface area contributed by atoms with Gasteiger partial charge in [0.25, 0.3) is 0 Å². The Kier molecular flexibility index (Phi) is 2.91. The van der Waals surface area contributed by atoms with E-state index >= 15 is 0 Å². The fraction of sp³-hybridized carbons (Fsp3) is 0.250. The summed E-state index contributed by atoms with van der Waals surface area (Å²) < 4.78 is 40.0. The van der Waals surface area contributed by atoms with Crippen LogP contribution < -0.4 is 4.74 Å². The molecule has 0 radical (unpaired) electrons. The van der Waals surface area contributed by atoms with Gasteiger partial charge in [-0.3, -0.25) is 0 Å². The fourth-order valence-electron chi connectivity index (χ4n) is 1.82. The summed E-state index contributed by atoms with van der Waals surface area (Å²) in [4.78, 5) is 2.92. The number of benzene rings is 1. The highest BCUT2D eigenvalue weighted by atomic mass is 19.4. The molecule has 0 saturated carbocycles. The van der Waals surface area contributed by atoms with Gasteiger partial charge in [0.1, 0.15) is 11.8 Å². The highest BCUT2D eigenvalue weighted by Gasteiger charge is 2.31.